The van der Waals surface area contributed by atoms with E-state index in [0.717, 1.165) is 12.1 Å². The van der Waals surface area contributed by atoms with E-state index < -0.39 is 25.6 Å². The molecule has 0 N–H and O–H groups in total. The van der Waals surface area contributed by atoms with Gasteiger partial charge < -0.3 is 4.18 Å². The predicted octanol–water partition coefficient (Wildman–Crippen LogP) is 3.02. The lowest BCUT2D eigenvalue weighted by atomic mass is 10.3. The quantitative estimate of drug-likeness (QED) is 0.492. The van der Waals surface area contributed by atoms with Gasteiger partial charge in [0.25, 0.3) is 5.69 Å². The lowest BCUT2D eigenvalue weighted by Crippen LogP contribution is -2.11. The van der Waals surface area contributed by atoms with Crippen molar-refractivity contribution in [3.63, 3.8) is 0 Å². The lowest BCUT2D eigenvalue weighted by molar-refractivity contribution is -0.387. The highest BCUT2D eigenvalue weighted by Crippen LogP contribution is 2.29. The molecule has 0 saturated heterocycles. The second-order valence-corrected chi connectivity index (χ2v) is 5.67. The van der Waals surface area contributed by atoms with Crippen molar-refractivity contribution in [2.75, 3.05) is 0 Å². The van der Waals surface area contributed by atoms with Crippen LogP contribution < -0.4 is 4.18 Å². The molecule has 0 heterocycles. The van der Waals surface area contributed by atoms with Gasteiger partial charge >= 0.3 is 10.1 Å². The molecule has 0 radical (unpaired) electrons. The topological polar surface area (TPSA) is 86.5 Å². The van der Waals surface area contributed by atoms with E-state index in [1.807, 2.05) is 0 Å². The highest BCUT2D eigenvalue weighted by Gasteiger charge is 2.27. The minimum Gasteiger partial charge on any atom is -0.379 e. The molecule has 0 amide bonds. The highest BCUT2D eigenvalue weighted by molar-refractivity contribution is 7.87. The molecule has 2 aromatic rings. The molecule has 0 aliphatic heterocycles. The smallest absolute Gasteiger partial charge is 0.346 e. The maximum atomic E-state index is 12.1. The van der Waals surface area contributed by atoms with Gasteiger partial charge in [-0.05, 0) is 24.3 Å². The summed E-state index contributed by atoms with van der Waals surface area (Å²) in [7, 11) is -4.31. The van der Waals surface area contributed by atoms with Crippen LogP contribution >= 0.6 is 11.6 Å². The number of hydrogen-bond acceptors (Lipinski definition) is 5. The van der Waals surface area contributed by atoms with Crippen molar-refractivity contribution in [3.05, 3.63) is 63.7 Å². The van der Waals surface area contributed by atoms with E-state index in [9.17, 15) is 18.5 Å². The van der Waals surface area contributed by atoms with Crippen LogP contribution in [0.15, 0.2) is 53.4 Å². The van der Waals surface area contributed by atoms with Crippen LogP contribution in [-0.4, -0.2) is 13.3 Å². The predicted molar refractivity (Wildman–Crippen MR) is 72.4 cm³/mol. The van der Waals surface area contributed by atoms with Crippen LogP contribution in [0, 0.1) is 10.1 Å². The zero-order valence-electron chi connectivity index (χ0n) is 9.89. The third kappa shape index (κ3) is 3.06. The van der Waals surface area contributed by atoms with E-state index in [-0.39, 0.29) is 10.8 Å². The molecule has 104 valence electrons. The largest absolute Gasteiger partial charge is 0.379 e. The summed E-state index contributed by atoms with van der Waals surface area (Å²) < 4.78 is 29.0. The fourth-order valence-corrected chi connectivity index (χ4v) is 2.74. The number of nitro groups is 1. The molecule has 0 spiro atoms. The summed E-state index contributed by atoms with van der Waals surface area (Å²) >= 11 is 5.63. The van der Waals surface area contributed by atoms with Crippen LogP contribution in [0.3, 0.4) is 0 Å². The Balaban J connectivity index is 2.47. The van der Waals surface area contributed by atoms with Crippen molar-refractivity contribution in [3.8, 4) is 5.75 Å². The molecule has 2 rings (SSSR count). The van der Waals surface area contributed by atoms with E-state index in [1.54, 1.807) is 18.2 Å². The molecule has 0 fully saturated rings. The summed E-state index contributed by atoms with van der Waals surface area (Å²) in [6, 6.07) is 11.0. The van der Waals surface area contributed by atoms with Gasteiger partial charge in [0.05, 0.1) is 4.92 Å². The first-order chi connectivity index (χ1) is 9.40. The van der Waals surface area contributed by atoms with Crippen LogP contribution in [-0.2, 0) is 10.1 Å². The van der Waals surface area contributed by atoms with E-state index >= 15 is 0 Å². The number of para-hydroxylation sites is 1. The number of halogens is 1. The Bertz CT molecular complexity index is 746. The Morgan fingerprint density at radius 2 is 1.75 bits per heavy atom. The lowest BCUT2D eigenvalue weighted by Gasteiger charge is -2.07. The highest BCUT2D eigenvalue weighted by atomic mass is 35.5. The number of benzene rings is 2. The summed E-state index contributed by atoms with van der Waals surface area (Å²) in [6.45, 7) is 0. The minimum absolute atomic E-state index is 0.0651. The molecule has 0 bridgehead atoms. The van der Waals surface area contributed by atoms with Gasteiger partial charge in [-0.15, -0.1) is 0 Å². The summed E-state index contributed by atoms with van der Waals surface area (Å²) in [4.78, 5) is 9.53. The SMILES string of the molecule is O=[N+]([O-])c1cc(Cl)ccc1S(=O)(=O)Oc1ccccc1. The van der Waals surface area contributed by atoms with Gasteiger partial charge in [-0.3, -0.25) is 10.1 Å². The average Bonchev–Trinajstić information content (AvgIpc) is 2.38. The molecule has 8 heteroatoms. The van der Waals surface area contributed by atoms with Gasteiger partial charge in [-0.2, -0.15) is 8.42 Å². The van der Waals surface area contributed by atoms with Crippen molar-refractivity contribution in [1.29, 1.82) is 0 Å². The second kappa shape index (κ2) is 5.48. The number of nitrogens with zero attached hydrogens (tertiary/aromatic N) is 1. The Morgan fingerprint density at radius 1 is 1.10 bits per heavy atom. The van der Waals surface area contributed by atoms with Gasteiger partial charge in [0.15, 0.2) is 4.90 Å². The van der Waals surface area contributed by atoms with Crippen LogP contribution in [0.1, 0.15) is 0 Å². The third-order valence-electron chi connectivity index (χ3n) is 2.34. The third-order valence-corrected chi connectivity index (χ3v) is 3.87. The Kier molecular flexibility index (Phi) is 3.91. The molecular weight excluding hydrogens is 306 g/mol. The monoisotopic (exact) mass is 313 g/mol. The zero-order valence-corrected chi connectivity index (χ0v) is 11.5. The van der Waals surface area contributed by atoms with Crippen molar-refractivity contribution < 1.29 is 17.5 Å². The van der Waals surface area contributed by atoms with Gasteiger partial charge in [-0.25, -0.2) is 0 Å². The van der Waals surface area contributed by atoms with Crippen LogP contribution in [0.4, 0.5) is 5.69 Å². The van der Waals surface area contributed by atoms with E-state index in [1.165, 1.54) is 18.2 Å². The minimum atomic E-state index is -4.31. The van der Waals surface area contributed by atoms with Crippen molar-refractivity contribution in [2.45, 2.75) is 4.90 Å². The molecular formula is C12H8ClNO5S. The molecule has 0 aliphatic rings. The van der Waals surface area contributed by atoms with Crippen LogP contribution in [0.2, 0.25) is 5.02 Å². The molecule has 2 aromatic carbocycles. The summed E-state index contributed by atoms with van der Waals surface area (Å²) in [5, 5.41) is 11.0. The van der Waals surface area contributed by atoms with Gasteiger partial charge in [0.2, 0.25) is 0 Å². The molecule has 0 atom stereocenters. The Labute approximate surface area is 119 Å². The molecule has 0 saturated carbocycles. The van der Waals surface area contributed by atoms with Crippen molar-refractivity contribution in [1.82, 2.24) is 0 Å². The Morgan fingerprint density at radius 3 is 2.35 bits per heavy atom. The first kappa shape index (κ1) is 14.3. The maximum absolute atomic E-state index is 12.1. The summed E-state index contributed by atoms with van der Waals surface area (Å²) in [6.07, 6.45) is 0. The van der Waals surface area contributed by atoms with Crippen LogP contribution in [0.5, 0.6) is 5.75 Å². The molecule has 6 nitrogen and oxygen atoms in total. The fraction of sp³-hybridized carbons (Fsp3) is 0. The van der Waals surface area contributed by atoms with E-state index in [4.69, 9.17) is 15.8 Å². The number of rotatable bonds is 4. The van der Waals surface area contributed by atoms with Gasteiger partial charge in [-0.1, -0.05) is 29.8 Å². The van der Waals surface area contributed by atoms with Crippen LogP contribution in [0.25, 0.3) is 0 Å². The summed E-state index contributed by atoms with van der Waals surface area (Å²) in [5.74, 6) is 0.0664. The van der Waals surface area contributed by atoms with Crippen molar-refractivity contribution in [2.24, 2.45) is 0 Å². The summed E-state index contributed by atoms with van der Waals surface area (Å²) in [5.41, 5.74) is -0.631. The molecule has 0 unspecified atom stereocenters. The Hall–Kier alpha value is -2.12. The van der Waals surface area contributed by atoms with Gasteiger partial charge in [0, 0.05) is 11.1 Å². The second-order valence-electron chi connectivity index (χ2n) is 3.72. The zero-order chi connectivity index (χ0) is 14.8. The van der Waals surface area contributed by atoms with Gasteiger partial charge in [0.1, 0.15) is 5.75 Å². The number of hydrogen-bond donors (Lipinski definition) is 0. The molecule has 0 aromatic heterocycles. The fourth-order valence-electron chi connectivity index (χ4n) is 1.49. The normalized spacial score (nSPS) is 11.1. The standard InChI is InChI=1S/C12H8ClNO5S/c13-9-6-7-12(11(8-9)14(15)16)20(17,18)19-10-4-2-1-3-5-10/h1-8H. The molecule has 20 heavy (non-hydrogen) atoms. The van der Waals surface area contributed by atoms with E-state index in [2.05, 4.69) is 0 Å². The first-order valence-corrected chi connectivity index (χ1v) is 7.12. The van der Waals surface area contributed by atoms with E-state index in [0.29, 0.717) is 0 Å². The molecule has 0 aliphatic carbocycles. The maximum Gasteiger partial charge on any atom is 0.346 e. The average molecular weight is 314 g/mol. The number of nitro benzene ring substituents is 1. The van der Waals surface area contributed by atoms with Crippen molar-refractivity contribution >= 4 is 27.4 Å². The first-order valence-electron chi connectivity index (χ1n) is 5.33.